The molecule has 2 rings (SSSR count). The minimum absolute atomic E-state index is 0.227. The van der Waals surface area contributed by atoms with Crippen LogP contribution in [0.25, 0.3) is 0 Å². The zero-order valence-electron chi connectivity index (χ0n) is 14.9. The van der Waals surface area contributed by atoms with Crippen molar-refractivity contribution in [1.82, 2.24) is 24.9 Å². The molecule has 1 aliphatic heterocycles. The first-order valence-electron chi connectivity index (χ1n) is 8.50. The van der Waals surface area contributed by atoms with E-state index in [9.17, 15) is 4.79 Å². The number of carbonyl (C=O) groups is 1. The third-order valence-corrected chi connectivity index (χ3v) is 3.93. The number of aliphatic imine (C=N–C) groups is 1. The van der Waals surface area contributed by atoms with Crippen LogP contribution in [0.15, 0.2) is 17.4 Å². The average Bonchev–Trinajstić information content (AvgIpc) is 3.01. The summed E-state index contributed by atoms with van der Waals surface area (Å²) in [7, 11) is 1.79. The molecule has 1 aliphatic rings. The molecule has 0 bridgehead atoms. The van der Waals surface area contributed by atoms with Gasteiger partial charge in [0.15, 0.2) is 5.96 Å². The quantitative estimate of drug-likeness (QED) is 0.492. The Morgan fingerprint density at radius 3 is 2.62 bits per heavy atom. The fourth-order valence-corrected chi connectivity index (χ4v) is 2.68. The summed E-state index contributed by atoms with van der Waals surface area (Å²) in [5.74, 6) is 0.884. The summed E-state index contributed by atoms with van der Waals surface area (Å²) in [6.07, 6.45) is 4.66. The molecule has 134 valence electrons. The van der Waals surface area contributed by atoms with Crippen LogP contribution in [-0.2, 0) is 11.3 Å². The van der Waals surface area contributed by atoms with Crippen LogP contribution in [0.5, 0.6) is 0 Å². The topological polar surface area (TPSA) is 75.0 Å². The Balaban J connectivity index is 1.69. The normalized spacial score (nSPS) is 15.5. The number of hydrogen-bond donors (Lipinski definition) is 1. The van der Waals surface area contributed by atoms with Gasteiger partial charge in [-0.3, -0.25) is 9.67 Å². The van der Waals surface area contributed by atoms with Crippen molar-refractivity contribution in [3.8, 4) is 0 Å². The van der Waals surface area contributed by atoms with Gasteiger partial charge in [0.25, 0.3) is 0 Å². The van der Waals surface area contributed by atoms with Crippen LogP contribution in [0.3, 0.4) is 0 Å². The maximum Gasteiger partial charge on any atom is 0.409 e. The van der Waals surface area contributed by atoms with Gasteiger partial charge in [-0.1, -0.05) is 0 Å². The van der Waals surface area contributed by atoms with Gasteiger partial charge in [0, 0.05) is 52.5 Å². The van der Waals surface area contributed by atoms with Crippen LogP contribution < -0.4 is 5.32 Å². The Morgan fingerprint density at radius 2 is 2.04 bits per heavy atom. The van der Waals surface area contributed by atoms with Crippen LogP contribution in [0, 0.1) is 6.92 Å². The molecule has 0 unspecified atom stereocenters. The van der Waals surface area contributed by atoms with Gasteiger partial charge in [-0.05, 0) is 25.8 Å². The molecule has 0 saturated carbocycles. The van der Waals surface area contributed by atoms with Crippen LogP contribution in [0.2, 0.25) is 0 Å². The summed E-state index contributed by atoms with van der Waals surface area (Å²) >= 11 is 0. The molecule has 1 amide bonds. The standard InChI is InChI=1S/C16H28N6O2/c1-4-24-16(23)21-10-8-20(9-11-21)15(17-3)18-6-5-7-22-13-14(2)12-19-22/h12-13H,4-11H2,1-3H3,(H,17,18). The number of nitrogens with one attached hydrogen (secondary N) is 1. The van der Waals surface area contributed by atoms with Crippen LogP contribution in [0.4, 0.5) is 4.79 Å². The first-order valence-corrected chi connectivity index (χ1v) is 8.50. The van der Waals surface area contributed by atoms with Gasteiger partial charge >= 0.3 is 6.09 Å². The summed E-state index contributed by atoms with van der Waals surface area (Å²) in [6.45, 7) is 8.84. The van der Waals surface area contributed by atoms with Crippen molar-refractivity contribution in [2.24, 2.45) is 4.99 Å². The highest BCUT2D eigenvalue weighted by atomic mass is 16.6. The van der Waals surface area contributed by atoms with Crippen molar-refractivity contribution in [3.05, 3.63) is 18.0 Å². The van der Waals surface area contributed by atoms with E-state index < -0.39 is 0 Å². The number of hydrogen-bond acceptors (Lipinski definition) is 4. The summed E-state index contributed by atoms with van der Waals surface area (Å²) in [6, 6.07) is 0. The summed E-state index contributed by atoms with van der Waals surface area (Å²) in [5.41, 5.74) is 1.18. The number of amides is 1. The highest BCUT2D eigenvalue weighted by Gasteiger charge is 2.23. The monoisotopic (exact) mass is 336 g/mol. The molecular weight excluding hydrogens is 308 g/mol. The van der Waals surface area contributed by atoms with E-state index in [0.717, 1.165) is 38.6 Å². The minimum atomic E-state index is -0.227. The molecule has 1 fully saturated rings. The lowest BCUT2D eigenvalue weighted by atomic mass is 10.3. The van der Waals surface area contributed by atoms with Crippen molar-refractivity contribution in [3.63, 3.8) is 0 Å². The number of nitrogens with zero attached hydrogens (tertiary/aromatic N) is 5. The summed E-state index contributed by atoms with van der Waals surface area (Å²) in [5, 5.41) is 7.67. The van der Waals surface area contributed by atoms with Gasteiger partial charge < -0.3 is 19.9 Å². The SMILES string of the molecule is CCOC(=O)N1CCN(C(=NC)NCCCn2cc(C)cn2)CC1. The molecule has 1 saturated heterocycles. The molecule has 8 nitrogen and oxygen atoms in total. The molecule has 1 aromatic heterocycles. The van der Waals surface area contributed by atoms with Crippen LogP contribution in [-0.4, -0.2) is 78.0 Å². The van der Waals surface area contributed by atoms with E-state index in [-0.39, 0.29) is 6.09 Å². The molecule has 1 aromatic rings. The molecule has 0 aliphatic carbocycles. The van der Waals surface area contributed by atoms with Gasteiger partial charge in [-0.15, -0.1) is 0 Å². The maximum atomic E-state index is 11.7. The van der Waals surface area contributed by atoms with E-state index in [2.05, 4.69) is 20.3 Å². The second kappa shape index (κ2) is 9.14. The number of rotatable bonds is 5. The number of aromatic nitrogens is 2. The Hall–Kier alpha value is -2.25. The highest BCUT2D eigenvalue weighted by Crippen LogP contribution is 2.04. The van der Waals surface area contributed by atoms with Crippen LogP contribution >= 0.6 is 0 Å². The molecule has 8 heteroatoms. The molecule has 0 atom stereocenters. The molecule has 0 radical (unpaired) electrons. The molecule has 24 heavy (non-hydrogen) atoms. The second-order valence-corrected chi connectivity index (χ2v) is 5.78. The van der Waals surface area contributed by atoms with Crippen molar-refractivity contribution >= 4 is 12.1 Å². The number of guanidine groups is 1. The van der Waals surface area contributed by atoms with Crippen molar-refractivity contribution in [1.29, 1.82) is 0 Å². The van der Waals surface area contributed by atoms with E-state index in [1.165, 1.54) is 5.56 Å². The third-order valence-electron chi connectivity index (χ3n) is 3.93. The maximum absolute atomic E-state index is 11.7. The summed E-state index contributed by atoms with van der Waals surface area (Å²) < 4.78 is 7.00. The van der Waals surface area contributed by atoms with E-state index in [4.69, 9.17) is 4.74 Å². The Morgan fingerprint density at radius 1 is 1.33 bits per heavy atom. The number of aryl methyl sites for hydroxylation is 2. The molecule has 0 aromatic carbocycles. The lowest BCUT2D eigenvalue weighted by Gasteiger charge is -2.35. The zero-order valence-corrected chi connectivity index (χ0v) is 14.9. The lowest BCUT2D eigenvalue weighted by Crippen LogP contribution is -2.54. The molecule has 0 spiro atoms. The van der Waals surface area contributed by atoms with Gasteiger partial charge in [-0.2, -0.15) is 5.10 Å². The Labute approximate surface area is 143 Å². The van der Waals surface area contributed by atoms with Gasteiger partial charge in [0.1, 0.15) is 0 Å². The van der Waals surface area contributed by atoms with Crippen molar-refractivity contribution in [2.45, 2.75) is 26.8 Å². The van der Waals surface area contributed by atoms with E-state index >= 15 is 0 Å². The fourth-order valence-electron chi connectivity index (χ4n) is 2.68. The average molecular weight is 336 g/mol. The number of ether oxygens (including phenoxy) is 1. The Bertz CT molecular complexity index is 549. The number of carbonyl (C=O) groups excluding carboxylic acids is 1. The summed E-state index contributed by atoms with van der Waals surface area (Å²) in [4.78, 5) is 20.0. The van der Waals surface area contributed by atoms with E-state index in [1.54, 1.807) is 11.9 Å². The van der Waals surface area contributed by atoms with Gasteiger partial charge in [-0.25, -0.2) is 4.79 Å². The smallest absolute Gasteiger partial charge is 0.409 e. The van der Waals surface area contributed by atoms with Crippen molar-refractivity contribution in [2.75, 3.05) is 46.4 Å². The van der Waals surface area contributed by atoms with E-state index in [0.29, 0.717) is 19.7 Å². The minimum Gasteiger partial charge on any atom is -0.450 e. The second-order valence-electron chi connectivity index (χ2n) is 5.78. The zero-order chi connectivity index (χ0) is 17.4. The predicted molar refractivity (Wildman–Crippen MR) is 93.1 cm³/mol. The third kappa shape index (κ3) is 5.14. The first kappa shape index (κ1) is 18.1. The number of piperazine rings is 1. The van der Waals surface area contributed by atoms with Gasteiger partial charge in [0.05, 0.1) is 12.8 Å². The van der Waals surface area contributed by atoms with E-state index in [1.807, 2.05) is 30.9 Å². The molecule has 1 N–H and O–H groups in total. The molecular formula is C16H28N6O2. The molecule has 2 heterocycles. The predicted octanol–water partition coefficient (Wildman–Crippen LogP) is 0.931. The Kier molecular flexibility index (Phi) is 6.89. The lowest BCUT2D eigenvalue weighted by molar-refractivity contribution is 0.0914. The fraction of sp³-hybridized carbons (Fsp3) is 0.688. The van der Waals surface area contributed by atoms with Gasteiger partial charge in [0.2, 0.25) is 0 Å². The van der Waals surface area contributed by atoms with Crippen LogP contribution in [0.1, 0.15) is 18.9 Å². The first-order chi connectivity index (χ1) is 11.6. The largest absolute Gasteiger partial charge is 0.450 e. The highest BCUT2D eigenvalue weighted by molar-refractivity contribution is 5.80. The van der Waals surface area contributed by atoms with Crippen molar-refractivity contribution < 1.29 is 9.53 Å².